The lowest BCUT2D eigenvalue weighted by Gasteiger charge is -2.44. The third-order valence-corrected chi connectivity index (χ3v) is 7.96. The van der Waals surface area contributed by atoms with E-state index in [9.17, 15) is 19.5 Å². The van der Waals surface area contributed by atoms with Crippen molar-refractivity contribution >= 4 is 29.7 Å². The van der Waals surface area contributed by atoms with Crippen LogP contribution in [0.4, 0.5) is 0 Å². The van der Waals surface area contributed by atoms with Crippen LogP contribution < -0.4 is 0 Å². The van der Waals surface area contributed by atoms with Gasteiger partial charge < -0.3 is 24.1 Å². The van der Waals surface area contributed by atoms with Crippen LogP contribution in [0.15, 0.2) is 120 Å². The van der Waals surface area contributed by atoms with Gasteiger partial charge in [-0.3, -0.25) is 0 Å². The van der Waals surface area contributed by atoms with Gasteiger partial charge in [0.05, 0.1) is 23.3 Å². The van der Waals surface area contributed by atoms with Crippen molar-refractivity contribution in [2.24, 2.45) is 0 Å². The van der Waals surface area contributed by atoms with Crippen molar-refractivity contribution in [3.05, 3.63) is 138 Å². The first-order valence-electron chi connectivity index (χ1n) is 13.7. The fourth-order valence-corrected chi connectivity index (χ4v) is 5.67. The minimum Gasteiger partial charge on any atom is -0.452 e. The Kier molecular flexibility index (Phi) is 9.88. The summed E-state index contributed by atoms with van der Waals surface area (Å²) in [6, 6.07) is 32.6. The molecule has 4 aromatic carbocycles. The molecule has 1 aliphatic rings. The Balaban J connectivity index is 1.54. The van der Waals surface area contributed by atoms with Gasteiger partial charge in [0.2, 0.25) is 0 Å². The fraction of sp³-hybridized carbons (Fsp3) is 0.206. The summed E-state index contributed by atoms with van der Waals surface area (Å²) in [5, 5.41) is 10.4. The molecule has 0 saturated carbocycles. The predicted molar refractivity (Wildman–Crippen MR) is 160 cm³/mol. The fourth-order valence-electron chi connectivity index (χ4n) is 4.57. The lowest BCUT2D eigenvalue weighted by molar-refractivity contribution is -0.207. The van der Waals surface area contributed by atoms with E-state index in [0.717, 1.165) is 10.5 Å². The molecule has 5 atom stereocenters. The van der Waals surface area contributed by atoms with E-state index in [4.69, 9.17) is 18.9 Å². The van der Waals surface area contributed by atoms with Gasteiger partial charge in [0.1, 0.15) is 11.5 Å². The molecule has 4 aromatic rings. The van der Waals surface area contributed by atoms with Crippen molar-refractivity contribution in [1.29, 1.82) is 0 Å². The number of ether oxygens (including phenoxy) is 4. The van der Waals surface area contributed by atoms with E-state index in [1.54, 1.807) is 91.0 Å². The third kappa shape index (κ3) is 7.50. The van der Waals surface area contributed by atoms with Gasteiger partial charge in [-0.15, -0.1) is 0 Å². The van der Waals surface area contributed by atoms with Gasteiger partial charge in [0.15, 0.2) is 18.3 Å². The van der Waals surface area contributed by atoms with Gasteiger partial charge >= 0.3 is 17.9 Å². The number of hydrogen-bond acceptors (Lipinski definition) is 9. The predicted octanol–water partition coefficient (Wildman–Crippen LogP) is 5.48. The first kappa shape index (κ1) is 30.0. The van der Waals surface area contributed by atoms with Gasteiger partial charge in [-0.05, 0) is 55.5 Å². The SMILES string of the molecule is Cc1ccc(SC2OC(CO)C(OC(=O)c3ccccc3)C(OC(=O)c3ccccc3)C2OC(=O)c2ccccc2)cc1. The summed E-state index contributed by atoms with van der Waals surface area (Å²) < 4.78 is 24.1. The molecular formula is C34H30O8S. The van der Waals surface area contributed by atoms with E-state index in [-0.39, 0.29) is 16.7 Å². The highest BCUT2D eigenvalue weighted by molar-refractivity contribution is 7.99. The smallest absolute Gasteiger partial charge is 0.338 e. The van der Waals surface area contributed by atoms with Crippen LogP contribution in [-0.2, 0) is 18.9 Å². The summed E-state index contributed by atoms with van der Waals surface area (Å²) in [4.78, 5) is 40.8. The molecule has 220 valence electrons. The van der Waals surface area contributed by atoms with Crippen molar-refractivity contribution in [2.45, 2.75) is 41.7 Å². The van der Waals surface area contributed by atoms with E-state index in [2.05, 4.69) is 0 Å². The van der Waals surface area contributed by atoms with E-state index in [0.29, 0.717) is 0 Å². The van der Waals surface area contributed by atoms with Crippen LogP contribution in [0.5, 0.6) is 0 Å². The summed E-state index contributed by atoms with van der Waals surface area (Å²) in [5.41, 5.74) is 0.890. The maximum absolute atomic E-state index is 13.4. The molecule has 8 nitrogen and oxygen atoms in total. The number of esters is 3. The number of carbonyl (C=O) groups excluding carboxylic acids is 3. The summed E-state index contributed by atoms with van der Waals surface area (Å²) in [6.45, 7) is 1.40. The number of thioether (sulfide) groups is 1. The third-order valence-electron chi connectivity index (χ3n) is 6.80. The number of rotatable bonds is 9. The molecule has 0 aliphatic carbocycles. The number of benzene rings is 4. The summed E-state index contributed by atoms with van der Waals surface area (Å²) >= 11 is 1.24. The first-order valence-corrected chi connectivity index (χ1v) is 14.6. The second kappa shape index (κ2) is 14.2. The number of aliphatic hydroxyl groups is 1. The van der Waals surface area contributed by atoms with E-state index in [1.807, 2.05) is 31.2 Å². The molecule has 1 aliphatic heterocycles. The summed E-state index contributed by atoms with van der Waals surface area (Å²) in [6.07, 6.45) is -4.98. The van der Waals surface area contributed by atoms with Gasteiger partial charge in [-0.2, -0.15) is 0 Å². The molecule has 0 aromatic heterocycles. The Labute approximate surface area is 253 Å². The molecule has 43 heavy (non-hydrogen) atoms. The molecule has 9 heteroatoms. The zero-order valence-electron chi connectivity index (χ0n) is 23.3. The largest absolute Gasteiger partial charge is 0.452 e. The van der Waals surface area contributed by atoms with Gasteiger partial charge in [-0.25, -0.2) is 14.4 Å². The molecule has 1 fully saturated rings. The minimum absolute atomic E-state index is 0.249. The highest BCUT2D eigenvalue weighted by Gasteiger charge is 2.52. The van der Waals surface area contributed by atoms with E-state index in [1.165, 1.54) is 11.8 Å². The van der Waals surface area contributed by atoms with Gasteiger partial charge in [0.25, 0.3) is 0 Å². The van der Waals surface area contributed by atoms with Crippen LogP contribution in [-0.4, -0.2) is 59.5 Å². The zero-order valence-corrected chi connectivity index (χ0v) is 24.1. The lowest BCUT2D eigenvalue weighted by atomic mass is 9.98. The maximum Gasteiger partial charge on any atom is 0.338 e. The van der Waals surface area contributed by atoms with Crippen LogP contribution in [0.3, 0.4) is 0 Å². The van der Waals surface area contributed by atoms with E-state index < -0.39 is 54.4 Å². The van der Waals surface area contributed by atoms with Crippen LogP contribution in [0.25, 0.3) is 0 Å². The minimum atomic E-state index is -1.33. The second-order valence-corrected chi connectivity index (χ2v) is 11.0. The Hall–Kier alpha value is -4.44. The Morgan fingerprint density at radius 3 is 1.49 bits per heavy atom. The molecule has 0 spiro atoms. The van der Waals surface area contributed by atoms with Crippen molar-refractivity contribution in [3.63, 3.8) is 0 Å². The zero-order chi connectivity index (χ0) is 30.2. The monoisotopic (exact) mass is 598 g/mol. The van der Waals surface area contributed by atoms with Crippen LogP contribution in [0.2, 0.25) is 0 Å². The molecule has 1 saturated heterocycles. The van der Waals surface area contributed by atoms with Crippen molar-refractivity contribution in [2.75, 3.05) is 6.61 Å². The Morgan fingerprint density at radius 2 is 1.05 bits per heavy atom. The van der Waals surface area contributed by atoms with Crippen LogP contribution >= 0.6 is 11.8 Å². The van der Waals surface area contributed by atoms with Crippen LogP contribution in [0.1, 0.15) is 36.6 Å². The van der Waals surface area contributed by atoms with Crippen molar-refractivity contribution in [1.82, 2.24) is 0 Å². The average Bonchev–Trinajstić information content (AvgIpc) is 3.05. The molecule has 0 bridgehead atoms. The standard InChI is InChI=1S/C34H30O8S/c1-22-17-19-26(20-18-22)43-34-30(42-33(38)25-15-9-4-10-16-25)29(41-32(37)24-13-7-3-8-14-24)28(27(21-35)39-34)40-31(36)23-11-5-2-6-12-23/h2-20,27-30,34-35H,21H2,1H3. The quantitative estimate of drug-likeness (QED) is 0.198. The molecule has 5 rings (SSSR count). The lowest BCUT2D eigenvalue weighted by Crippen LogP contribution is -2.61. The summed E-state index contributed by atoms with van der Waals surface area (Å²) in [5.74, 6) is -2.11. The highest BCUT2D eigenvalue weighted by Crippen LogP contribution is 2.38. The number of aryl methyl sites for hydroxylation is 1. The molecule has 1 N–H and O–H groups in total. The van der Waals surface area contributed by atoms with E-state index >= 15 is 0 Å². The Bertz CT molecular complexity index is 1510. The van der Waals surface area contributed by atoms with Gasteiger partial charge in [0, 0.05) is 4.90 Å². The number of aliphatic hydroxyl groups excluding tert-OH is 1. The second-order valence-electron chi connectivity index (χ2n) is 9.86. The van der Waals surface area contributed by atoms with Crippen molar-refractivity contribution in [3.8, 4) is 0 Å². The highest BCUT2D eigenvalue weighted by atomic mass is 32.2. The number of hydrogen-bond donors (Lipinski definition) is 1. The number of carbonyl (C=O) groups is 3. The normalized spacial score (nSPS) is 21.4. The van der Waals surface area contributed by atoms with Crippen molar-refractivity contribution < 1.29 is 38.4 Å². The average molecular weight is 599 g/mol. The molecule has 1 heterocycles. The molecule has 0 radical (unpaired) electrons. The first-order chi connectivity index (χ1) is 20.9. The van der Waals surface area contributed by atoms with Gasteiger partial charge in [-0.1, -0.05) is 84.1 Å². The topological polar surface area (TPSA) is 108 Å². The Morgan fingerprint density at radius 1 is 0.628 bits per heavy atom. The molecular weight excluding hydrogens is 568 g/mol. The molecule has 5 unspecified atom stereocenters. The van der Waals surface area contributed by atoms with Crippen LogP contribution in [0, 0.1) is 6.92 Å². The molecule has 0 amide bonds. The maximum atomic E-state index is 13.4. The summed E-state index contributed by atoms with van der Waals surface area (Å²) in [7, 11) is 0.